The molecule has 1 aromatic carbocycles. The van der Waals surface area contributed by atoms with Gasteiger partial charge in [0.15, 0.2) is 5.82 Å². The fourth-order valence-electron chi connectivity index (χ4n) is 3.02. The van der Waals surface area contributed by atoms with Crippen LogP contribution in [0.3, 0.4) is 0 Å². The SMILES string of the molecule is CNCc1cc(C(=O)Nc2c(Cl)cc(Cl)cc2C(=O)NC(C)(C)C)n(-c2ncccc2Cl)n1. The van der Waals surface area contributed by atoms with Crippen LogP contribution in [0.25, 0.3) is 5.82 Å². The highest BCUT2D eigenvalue weighted by Gasteiger charge is 2.24. The molecule has 2 amide bonds. The van der Waals surface area contributed by atoms with E-state index in [-0.39, 0.29) is 27.0 Å². The molecule has 0 spiro atoms. The molecule has 0 bridgehead atoms. The van der Waals surface area contributed by atoms with Crippen LogP contribution in [0.15, 0.2) is 36.5 Å². The van der Waals surface area contributed by atoms with Crippen molar-refractivity contribution in [2.75, 3.05) is 12.4 Å². The minimum absolute atomic E-state index is 0.118. The van der Waals surface area contributed by atoms with Gasteiger partial charge in [0.1, 0.15) is 5.69 Å². The summed E-state index contributed by atoms with van der Waals surface area (Å²) in [5, 5.41) is 13.7. The molecule has 0 saturated carbocycles. The van der Waals surface area contributed by atoms with Gasteiger partial charge in [-0.25, -0.2) is 9.67 Å². The van der Waals surface area contributed by atoms with Gasteiger partial charge in [-0.3, -0.25) is 9.59 Å². The quantitative estimate of drug-likeness (QED) is 0.446. The average molecular weight is 510 g/mol. The first-order chi connectivity index (χ1) is 15.5. The van der Waals surface area contributed by atoms with Gasteiger partial charge in [0.05, 0.1) is 27.0 Å². The first-order valence-corrected chi connectivity index (χ1v) is 11.1. The molecule has 0 aliphatic rings. The third-order valence-electron chi connectivity index (χ3n) is 4.32. The van der Waals surface area contributed by atoms with Crippen molar-refractivity contribution in [3.05, 3.63) is 68.5 Å². The molecule has 2 heterocycles. The number of hydrogen-bond acceptors (Lipinski definition) is 5. The number of nitrogens with zero attached hydrogens (tertiary/aromatic N) is 3. The van der Waals surface area contributed by atoms with Gasteiger partial charge in [0, 0.05) is 23.3 Å². The van der Waals surface area contributed by atoms with Gasteiger partial charge in [-0.1, -0.05) is 34.8 Å². The fourth-order valence-corrected chi connectivity index (χ4v) is 3.76. The Labute approximate surface area is 206 Å². The molecular formula is C22H23Cl3N6O2. The Morgan fingerprint density at radius 3 is 2.42 bits per heavy atom. The van der Waals surface area contributed by atoms with E-state index >= 15 is 0 Å². The van der Waals surface area contributed by atoms with E-state index in [0.717, 1.165) is 0 Å². The standard InChI is InChI=1S/C22H23Cl3N6O2/c1-22(2,3)29-20(32)14-8-12(23)9-16(25)18(14)28-21(33)17-10-13(11-26-4)30-31(17)19-15(24)6-5-7-27-19/h5-10,26H,11H2,1-4H3,(H,28,33)(H,29,32). The number of carbonyl (C=O) groups is 2. The molecule has 0 aliphatic carbocycles. The zero-order valence-corrected chi connectivity index (χ0v) is 20.7. The summed E-state index contributed by atoms with van der Waals surface area (Å²) in [6, 6.07) is 7.83. The zero-order valence-electron chi connectivity index (χ0n) is 18.5. The van der Waals surface area contributed by atoms with Crippen LogP contribution in [0.5, 0.6) is 0 Å². The predicted molar refractivity (Wildman–Crippen MR) is 131 cm³/mol. The molecule has 3 N–H and O–H groups in total. The highest BCUT2D eigenvalue weighted by Crippen LogP contribution is 2.31. The number of rotatable bonds is 6. The minimum atomic E-state index is -0.555. The Morgan fingerprint density at radius 2 is 1.79 bits per heavy atom. The number of pyridine rings is 1. The van der Waals surface area contributed by atoms with Crippen LogP contribution in [0.1, 0.15) is 47.3 Å². The normalized spacial score (nSPS) is 11.4. The molecule has 0 atom stereocenters. The maximum atomic E-state index is 13.3. The highest BCUT2D eigenvalue weighted by atomic mass is 35.5. The van der Waals surface area contributed by atoms with Crippen LogP contribution in [0.2, 0.25) is 15.1 Å². The number of amides is 2. The second kappa shape index (κ2) is 10.1. The molecule has 174 valence electrons. The molecule has 33 heavy (non-hydrogen) atoms. The van der Waals surface area contributed by atoms with E-state index in [9.17, 15) is 9.59 Å². The number of aromatic nitrogens is 3. The molecule has 11 heteroatoms. The topological polar surface area (TPSA) is 101 Å². The van der Waals surface area contributed by atoms with E-state index in [2.05, 4.69) is 26.0 Å². The molecule has 2 aromatic heterocycles. The maximum absolute atomic E-state index is 13.3. The van der Waals surface area contributed by atoms with Gasteiger partial charge in [-0.15, -0.1) is 0 Å². The molecule has 3 aromatic rings. The lowest BCUT2D eigenvalue weighted by Gasteiger charge is -2.22. The van der Waals surface area contributed by atoms with E-state index < -0.39 is 17.4 Å². The van der Waals surface area contributed by atoms with E-state index in [1.165, 1.54) is 16.8 Å². The minimum Gasteiger partial charge on any atom is -0.347 e. The summed E-state index contributed by atoms with van der Waals surface area (Å²) in [5.41, 5.74) is 0.506. The average Bonchev–Trinajstić information content (AvgIpc) is 3.13. The van der Waals surface area contributed by atoms with E-state index in [1.54, 1.807) is 31.4 Å². The summed E-state index contributed by atoms with van der Waals surface area (Å²) in [5.74, 6) is -0.695. The van der Waals surface area contributed by atoms with Crippen LogP contribution in [0.4, 0.5) is 5.69 Å². The molecule has 3 rings (SSSR count). The summed E-state index contributed by atoms with van der Waals surface area (Å²) in [6.45, 7) is 5.94. The summed E-state index contributed by atoms with van der Waals surface area (Å²) >= 11 is 18.8. The first-order valence-electron chi connectivity index (χ1n) is 9.97. The Hall–Kier alpha value is -2.65. The smallest absolute Gasteiger partial charge is 0.274 e. The second-order valence-electron chi connectivity index (χ2n) is 8.24. The Morgan fingerprint density at radius 1 is 1.06 bits per heavy atom. The number of carbonyl (C=O) groups excluding carboxylic acids is 2. The van der Waals surface area contributed by atoms with Gasteiger partial charge < -0.3 is 16.0 Å². The third kappa shape index (κ3) is 6.03. The Bertz CT molecular complexity index is 1200. The van der Waals surface area contributed by atoms with Gasteiger partial charge in [-0.05, 0) is 58.2 Å². The molecule has 0 radical (unpaired) electrons. The van der Waals surface area contributed by atoms with Crippen molar-refractivity contribution in [2.45, 2.75) is 32.9 Å². The molecular weight excluding hydrogens is 487 g/mol. The molecule has 8 nitrogen and oxygen atoms in total. The number of anilines is 1. The number of nitrogens with one attached hydrogen (secondary N) is 3. The fraction of sp³-hybridized carbons (Fsp3) is 0.273. The van der Waals surface area contributed by atoms with Crippen LogP contribution < -0.4 is 16.0 Å². The Balaban J connectivity index is 2.05. The maximum Gasteiger partial charge on any atom is 0.274 e. The van der Waals surface area contributed by atoms with Crippen molar-refractivity contribution in [3.63, 3.8) is 0 Å². The van der Waals surface area contributed by atoms with Crippen molar-refractivity contribution in [2.24, 2.45) is 0 Å². The van der Waals surface area contributed by atoms with Crippen molar-refractivity contribution in [1.82, 2.24) is 25.4 Å². The number of benzene rings is 1. The van der Waals surface area contributed by atoms with E-state index in [1.807, 2.05) is 20.8 Å². The van der Waals surface area contributed by atoms with E-state index in [4.69, 9.17) is 34.8 Å². The monoisotopic (exact) mass is 508 g/mol. The number of halogens is 3. The van der Waals surface area contributed by atoms with Crippen molar-refractivity contribution >= 4 is 52.3 Å². The second-order valence-corrected chi connectivity index (χ2v) is 9.49. The summed E-state index contributed by atoms with van der Waals surface area (Å²) in [4.78, 5) is 30.5. The van der Waals surface area contributed by atoms with E-state index in [0.29, 0.717) is 23.1 Å². The third-order valence-corrected chi connectivity index (χ3v) is 5.13. The van der Waals surface area contributed by atoms with Crippen LogP contribution in [0, 0.1) is 0 Å². The molecule has 0 saturated heterocycles. The summed E-state index contributed by atoms with van der Waals surface area (Å²) < 4.78 is 1.35. The lowest BCUT2D eigenvalue weighted by molar-refractivity contribution is 0.0920. The van der Waals surface area contributed by atoms with Gasteiger partial charge in [-0.2, -0.15) is 5.10 Å². The first kappa shape index (κ1) is 25.0. The predicted octanol–water partition coefficient (Wildman–Crippen LogP) is 4.73. The molecule has 0 unspecified atom stereocenters. The lowest BCUT2D eigenvalue weighted by Crippen LogP contribution is -2.41. The molecule has 0 aliphatic heterocycles. The number of hydrogen-bond donors (Lipinski definition) is 3. The molecule has 0 fully saturated rings. The van der Waals surface area contributed by atoms with Crippen molar-refractivity contribution in [3.8, 4) is 5.82 Å². The zero-order chi connectivity index (χ0) is 24.3. The van der Waals surface area contributed by atoms with Gasteiger partial charge in [0.25, 0.3) is 11.8 Å². The Kier molecular flexibility index (Phi) is 7.64. The lowest BCUT2D eigenvalue weighted by atomic mass is 10.1. The van der Waals surface area contributed by atoms with Crippen LogP contribution in [-0.4, -0.2) is 39.2 Å². The van der Waals surface area contributed by atoms with Crippen LogP contribution in [-0.2, 0) is 6.54 Å². The van der Waals surface area contributed by atoms with Gasteiger partial charge >= 0.3 is 0 Å². The summed E-state index contributed by atoms with van der Waals surface area (Å²) in [7, 11) is 1.76. The van der Waals surface area contributed by atoms with Crippen molar-refractivity contribution < 1.29 is 9.59 Å². The van der Waals surface area contributed by atoms with Crippen molar-refractivity contribution in [1.29, 1.82) is 0 Å². The summed E-state index contributed by atoms with van der Waals surface area (Å²) in [6.07, 6.45) is 1.55. The largest absolute Gasteiger partial charge is 0.347 e. The van der Waals surface area contributed by atoms with Crippen LogP contribution >= 0.6 is 34.8 Å². The highest BCUT2D eigenvalue weighted by molar-refractivity contribution is 6.38. The van der Waals surface area contributed by atoms with Gasteiger partial charge in [0.2, 0.25) is 0 Å².